The lowest BCUT2D eigenvalue weighted by Gasteiger charge is -2.29. The molecule has 30 heavy (non-hydrogen) atoms. The van der Waals surface area contributed by atoms with Crippen LogP contribution in [0.2, 0.25) is 0 Å². The Morgan fingerprint density at radius 2 is 1.97 bits per heavy atom. The second-order valence-corrected chi connectivity index (χ2v) is 10.4. The molecule has 2 aromatic rings. The standard InChI is InChI=1S/C10H9F3N4.C8H15NO3S/c11-5-3-7(10(1-2-10)8(12)13)17-6(5)4-15-9(14)16-17;10-7-2-1-5-9(6-7)13(11,12)8-3-4-8/h3-4,8H,1-2H2,(H2,14,16);7-8,10H,1-6H2. The van der Waals surface area contributed by atoms with E-state index in [0.717, 1.165) is 36.3 Å². The summed E-state index contributed by atoms with van der Waals surface area (Å²) in [6.45, 7) is 0.898. The second-order valence-electron chi connectivity index (χ2n) is 8.15. The summed E-state index contributed by atoms with van der Waals surface area (Å²) in [5, 5.41) is 13.0. The van der Waals surface area contributed by atoms with E-state index in [1.54, 1.807) is 0 Å². The molecule has 3 N–H and O–H groups in total. The van der Waals surface area contributed by atoms with Gasteiger partial charge in [0, 0.05) is 13.1 Å². The molecule has 5 rings (SSSR count). The van der Waals surface area contributed by atoms with Crippen LogP contribution in [-0.4, -0.2) is 63.3 Å². The van der Waals surface area contributed by atoms with Crippen LogP contribution in [-0.2, 0) is 15.4 Å². The zero-order valence-corrected chi connectivity index (χ0v) is 17.0. The zero-order chi connectivity index (χ0) is 21.7. The van der Waals surface area contributed by atoms with E-state index in [4.69, 9.17) is 5.73 Å². The quantitative estimate of drug-likeness (QED) is 0.737. The summed E-state index contributed by atoms with van der Waals surface area (Å²) >= 11 is 0. The number of piperidine rings is 1. The molecule has 2 aromatic heterocycles. The molecule has 1 aliphatic heterocycles. The smallest absolute Gasteiger partial charge is 0.249 e. The van der Waals surface area contributed by atoms with Gasteiger partial charge in [-0.3, -0.25) is 0 Å². The minimum atomic E-state index is -3.05. The summed E-state index contributed by atoms with van der Waals surface area (Å²) in [6, 6.07) is 1.10. The van der Waals surface area contributed by atoms with Gasteiger partial charge in [-0.25, -0.2) is 31.1 Å². The van der Waals surface area contributed by atoms with Crippen LogP contribution in [0, 0.1) is 5.82 Å². The molecule has 8 nitrogen and oxygen atoms in total. The third-order valence-electron chi connectivity index (χ3n) is 5.87. The maximum atomic E-state index is 13.6. The molecule has 0 bridgehead atoms. The summed E-state index contributed by atoms with van der Waals surface area (Å²) in [7, 11) is -3.05. The molecule has 2 saturated carbocycles. The fraction of sp³-hybridized carbons (Fsp3) is 0.667. The highest BCUT2D eigenvalue weighted by Crippen LogP contribution is 2.53. The van der Waals surface area contributed by atoms with Gasteiger partial charge >= 0.3 is 0 Å². The first-order chi connectivity index (χ1) is 14.1. The maximum Gasteiger partial charge on any atom is 0.249 e. The molecule has 166 valence electrons. The van der Waals surface area contributed by atoms with Crippen LogP contribution in [0.4, 0.5) is 19.1 Å². The average molecular weight is 447 g/mol. The number of hydrogen-bond donors (Lipinski definition) is 2. The Morgan fingerprint density at radius 1 is 1.27 bits per heavy atom. The number of halogens is 3. The molecular formula is C18H24F3N5O3S. The van der Waals surface area contributed by atoms with Crippen LogP contribution in [0.3, 0.4) is 0 Å². The lowest BCUT2D eigenvalue weighted by Crippen LogP contribution is -2.43. The molecule has 1 atom stereocenters. The fourth-order valence-corrected chi connectivity index (χ4v) is 5.69. The number of alkyl halides is 2. The Kier molecular flexibility index (Phi) is 5.43. The first kappa shape index (κ1) is 21.3. The molecule has 3 aliphatic rings. The molecule has 2 aliphatic carbocycles. The number of nitrogen functional groups attached to an aromatic ring is 1. The Morgan fingerprint density at radius 3 is 2.53 bits per heavy atom. The average Bonchev–Trinajstić information content (AvgIpc) is 3.60. The molecule has 0 radical (unpaired) electrons. The number of aliphatic hydroxyl groups is 1. The molecule has 1 unspecified atom stereocenters. The van der Waals surface area contributed by atoms with Crippen molar-refractivity contribution in [3.05, 3.63) is 23.8 Å². The SMILES string of the molecule is Nc1ncc2c(F)cc(C3(C(F)F)CC3)n2n1.O=S(=O)(C1CC1)N1CCCC(O)C1. The minimum Gasteiger partial charge on any atom is -0.392 e. The van der Waals surface area contributed by atoms with Crippen molar-refractivity contribution in [2.24, 2.45) is 0 Å². The van der Waals surface area contributed by atoms with Crippen LogP contribution in [0.25, 0.3) is 5.52 Å². The van der Waals surface area contributed by atoms with E-state index in [1.165, 1.54) is 10.5 Å². The van der Waals surface area contributed by atoms with Gasteiger partial charge in [0.2, 0.25) is 22.4 Å². The van der Waals surface area contributed by atoms with Gasteiger partial charge in [0.05, 0.1) is 28.7 Å². The number of β-amino-alcohol motifs (C(OH)–C–C–N with tert-alkyl or cyclic N) is 1. The van der Waals surface area contributed by atoms with E-state index < -0.39 is 33.8 Å². The van der Waals surface area contributed by atoms with Gasteiger partial charge in [-0.2, -0.15) is 4.31 Å². The van der Waals surface area contributed by atoms with Crippen molar-refractivity contribution in [2.45, 2.75) is 61.7 Å². The topological polar surface area (TPSA) is 114 Å². The molecule has 0 amide bonds. The number of anilines is 1. The van der Waals surface area contributed by atoms with Crippen molar-refractivity contribution in [3.8, 4) is 0 Å². The monoisotopic (exact) mass is 447 g/mol. The van der Waals surface area contributed by atoms with Crippen LogP contribution in [0.15, 0.2) is 12.3 Å². The number of rotatable bonds is 4. The Balaban J connectivity index is 0.000000151. The number of nitrogens with zero attached hydrogens (tertiary/aromatic N) is 4. The molecule has 1 saturated heterocycles. The Labute approximate surface area is 171 Å². The van der Waals surface area contributed by atoms with Crippen molar-refractivity contribution in [1.82, 2.24) is 18.9 Å². The third-order valence-corrected chi connectivity index (χ3v) is 8.23. The highest BCUT2D eigenvalue weighted by Gasteiger charge is 2.55. The van der Waals surface area contributed by atoms with Gasteiger partial charge in [-0.1, -0.05) is 0 Å². The first-order valence-corrected chi connectivity index (χ1v) is 11.4. The van der Waals surface area contributed by atoms with Crippen LogP contribution in [0.5, 0.6) is 0 Å². The number of sulfonamides is 1. The molecular weight excluding hydrogens is 423 g/mol. The fourth-order valence-electron chi connectivity index (χ4n) is 3.77. The highest BCUT2D eigenvalue weighted by molar-refractivity contribution is 7.90. The number of fused-ring (bicyclic) bond motifs is 1. The van der Waals surface area contributed by atoms with Crippen molar-refractivity contribution < 1.29 is 26.7 Å². The summed E-state index contributed by atoms with van der Waals surface area (Å²) in [4.78, 5) is 3.65. The van der Waals surface area contributed by atoms with E-state index >= 15 is 0 Å². The summed E-state index contributed by atoms with van der Waals surface area (Å²) in [6.07, 6.45) is 2.00. The van der Waals surface area contributed by atoms with E-state index in [-0.39, 0.29) is 22.4 Å². The number of aliphatic hydroxyl groups excluding tert-OH is 1. The normalized spacial score (nSPS) is 24.0. The number of nitrogens with two attached hydrogens (primary N) is 1. The molecule has 0 spiro atoms. The number of hydrogen-bond acceptors (Lipinski definition) is 6. The lowest BCUT2D eigenvalue weighted by molar-refractivity contribution is 0.0989. The van der Waals surface area contributed by atoms with Gasteiger partial charge in [-0.15, -0.1) is 5.10 Å². The highest BCUT2D eigenvalue weighted by atomic mass is 32.2. The third kappa shape index (κ3) is 3.87. The van der Waals surface area contributed by atoms with Crippen molar-refractivity contribution in [1.29, 1.82) is 0 Å². The van der Waals surface area contributed by atoms with Gasteiger partial charge in [0.1, 0.15) is 5.52 Å². The van der Waals surface area contributed by atoms with E-state index in [1.807, 2.05) is 0 Å². The predicted octanol–water partition coefficient (Wildman–Crippen LogP) is 1.68. The van der Waals surface area contributed by atoms with Crippen LogP contribution < -0.4 is 5.73 Å². The number of aromatic nitrogens is 3. The Bertz CT molecular complexity index is 1040. The minimum absolute atomic E-state index is 0.0700. The Hall–Kier alpha value is -1.92. The maximum absolute atomic E-state index is 13.6. The predicted molar refractivity (Wildman–Crippen MR) is 103 cm³/mol. The van der Waals surface area contributed by atoms with E-state index in [2.05, 4.69) is 10.1 Å². The van der Waals surface area contributed by atoms with Gasteiger partial charge in [0.15, 0.2) is 5.82 Å². The van der Waals surface area contributed by atoms with Crippen molar-refractivity contribution in [2.75, 3.05) is 18.8 Å². The van der Waals surface area contributed by atoms with Gasteiger partial charge in [-0.05, 0) is 44.6 Å². The largest absolute Gasteiger partial charge is 0.392 e. The molecule has 3 fully saturated rings. The summed E-state index contributed by atoms with van der Waals surface area (Å²) < 4.78 is 65.6. The molecule has 0 aromatic carbocycles. The van der Waals surface area contributed by atoms with Crippen molar-refractivity contribution in [3.63, 3.8) is 0 Å². The lowest BCUT2D eigenvalue weighted by atomic mass is 10.0. The van der Waals surface area contributed by atoms with Crippen molar-refractivity contribution >= 4 is 21.5 Å². The first-order valence-electron chi connectivity index (χ1n) is 9.90. The van der Waals surface area contributed by atoms with E-state index in [9.17, 15) is 26.7 Å². The summed E-state index contributed by atoms with van der Waals surface area (Å²) in [5.41, 5.74) is 4.36. The molecule has 12 heteroatoms. The van der Waals surface area contributed by atoms with Gasteiger partial charge in [0.25, 0.3) is 0 Å². The zero-order valence-electron chi connectivity index (χ0n) is 16.2. The van der Waals surface area contributed by atoms with Gasteiger partial charge < -0.3 is 10.8 Å². The van der Waals surface area contributed by atoms with Crippen LogP contribution in [0.1, 0.15) is 44.2 Å². The summed E-state index contributed by atoms with van der Waals surface area (Å²) in [5.74, 6) is -0.675. The van der Waals surface area contributed by atoms with Crippen LogP contribution >= 0.6 is 0 Å². The van der Waals surface area contributed by atoms with E-state index in [0.29, 0.717) is 25.9 Å². The second kappa shape index (κ2) is 7.65. The molecule has 3 heterocycles.